The molecule has 4 heteroatoms. The van der Waals surface area contributed by atoms with E-state index in [4.69, 9.17) is 11.6 Å². The zero-order chi connectivity index (χ0) is 11.8. The van der Waals surface area contributed by atoms with Crippen LogP contribution < -0.4 is 0 Å². The van der Waals surface area contributed by atoms with Crippen molar-refractivity contribution in [3.63, 3.8) is 0 Å². The Hall–Kier alpha value is -1.61. The van der Waals surface area contributed by atoms with Crippen LogP contribution in [0.25, 0.3) is 11.4 Å². The van der Waals surface area contributed by atoms with Crippen LogP contribution in [0.2, 0.25) is 5.15 Å². The fourth-order valence-corrected chi connectivity index (χ4v) is 2.46. The third-order valence-corrected chi connectivity index (χ3v) is 3.33. The van der Waals surface area contributed by atoms with E-state index in [9.17, 15) is 4.79 Å². The summed E-state index contributed by atoms with van der Waals surface area (Å²) in [6.45, 7) is 0.388. The van der Waals surface area contributed by atoms with E-state index in [0.717, 1.165) is 17.1 Å². The van der Waals surface area contributed by atoms with E-state index >= 15 is 0 Å². The molecular formula is C13H11ClN2O. The molecule has 17 heavy (non-hydrogen) atoms. The molecule has 0 saturated heterocycles. The number of carbonyl (C=O) groups excluding carboxylic acids is 1. The molecule has 3 nitrogen and oxygen atoms in total. The van der Waals surface area contributed by atoms with Gasteiger partial charge in [-0.3, -0.25) is 4.79 Å². The number of Topliss-reactive ketones (excluding diaryl/α,β-unsaturated/α-hetero) is 1. The largest absolute Gasteiger partial charge is 0.319 e. The van der Waals surface area contributed by atoms with E-state index in [1.54, 1.807) is 0 Å². The molecule has 0 atom stereocenters. The predicted octanol–water partition coefficient (Wildman–Crippen LogP) is 2.72. The average Bonchev–Trinajstić information content (AvgIpc) is 2.67. The van der Waals surface area contributed by atoms with Crippen LogP contribution in [0.3, 0.4) is 0 Å². The van der Waals surface area contributed by atoms with Crippen LogP contribution in [0.15, 0.2) is 30.3 Å². The smallest absolute Gasteiger partial charge is 0.152 e. The first-order valence-corrected chi connectivity index (χ1v) is 5.95. The van der Waals surface area contributed by atoms with E-state index in [2.05, 4.69) is 4.98 Å². The molecule has 2 aromatic rings. The lowest BCUT2D eigenvalue weighted by molar-refractivity contribution is -0.120. The first kappa shape index (κ1) is 10.5. The summed E-state index contributed by atoms with van der Waals surface area (Å²) in [5.74, 6) is 1.03. The summed E-state index contributed by atoms with van der Waals surface area (Å²) in [7, 11) is 0. The quantitative estimate of drug-likeness (QED) is 0.776. The number of carbonyl (C=O) groups is 1. The number of ketones is 1. The Morgan fingerprint density at radius 3 is 2.71 bits per heavy atom. The molecule has 1 aromatic carbocycles. The van der Waals surface area contributed by atoms with Crippen molar-refractivity contribution in [3.8, 4) is 11.4 Å². The van der Waals surface area contributed by atoms with Gasteiger partial charge in [0, 0.05) is 12.0 Å². The van der Waals surface area contributed by atoms with Crippen molar-refractivity contribution in [1.82, 2.24) is 9.55 Å². The van der Waals surface area contributed by atoms with Gasteiger partial charge in [-0.15, -0.1) is 0 Å². The van der Waals surface area contributed by atoms with E-state index in [0.29, 0.717) is 24.5 Å². The number of imidazole rings is 1. The highest BCUT2D eigenvalue weighted by Gasteiger charge is 2.23. The van der Waals surface area contributed by atoms with Crippen LogP contribution in [0.4, 0.5) is 0 Å². The molecule has 0 bridgehead atoms. The normalized spacial score (nSPS) is 14.8. The zero-order valence-electron chi connectivity index (χ0n) is 9.19. The fourth-order valence-electron chi connectivity index (χ4n) is 2.19. The Morgan fingerprint density at radius 1 is 1.18 bits per heavy atom. The predicted molar refractivity (Wildman–Crippen MR) is 66.0 cm³/mol. The van der Waals surface area contributed by atoms with Crippen molar-refractivity contribution in [2.75, 3.05) is 0 Å². The van der Waals surface area contributed by atoms with Crippen LogP contribution in [0, 0.1) is 0 Å². The van der Waals surface area contributed by atoms with Crippen LogP contribution in [0.5, 0.6) is 0 Å². The van der Waals surface area contributed by atoms with Crippen LogP contribution in [-0.2, 0) is 17.8 Å². The second kappa shape index (κ2) is 4.00. The van der Waals surface area contributed by atoms with Crippen molar-refractivity contribution in [3.05, 3.63) is 41.2 Å². The van der Waals surface area contributed by atoms with Crippen LogP contribution in [0.1, 0.15) is 12.1 Å². The molecule has 3 rings (SSSR count). The van der Waals surface area contributed by atoms with Gasteiger partial charge in [-0.1, -0.05) is 41.9 Å². The van der Waals surface area contributed by atoms with Crippen molar-refractivity contribution in [1.29, 1.82) is 0 Å². The highest BCUT2D eigenvalue weighted by atomic mass is 35.5. The molecule has 0 saturated carbocycles. The van der Waals surface area contributed by atoms with Gasteiger partial charge in [0.15, 0.2) is 10.9 Å². The van der Waals surface area contributed by atoms with Gasteiger partial charge in [0.05, 0.1) is 12.2 Å². The van der Waals surface area contributed by atoms with Crippen LogP contribution in [-0.4, -0.2) is 15.3 Å². The van der Waals surface area contributed by atoms with Gasteiger partial charge in [0.25, 0.3) is 0 Å². The Labute approximate surface area is 104 Å². The Kier molecular flexibility index (Phi) is 2.48. The lowest BCUT2D eigenvalue weighted by atomic mass is 10.1. The monoisotopic (exact) mass is 246 g/mol. The minimum Gasteiger partial charge on any atom is -0.319 e. The van der Waals surface area contributed by atoms with E-state index in [-0.39, 0.29) is 5.78 Å². The third kappa shape index (κ3) is 1.76. The van der Waals surface area contributed by atoms with Crippen molar-refractivity contribution < 1.29 is 4.79 Å². The summed E-state index contributed by atoms with van der Waals surface area (Å²) in [5, 5.41) is 0.524. The molecule has 0 fully saturated rings. The standard InChI is InChI=1S/C13H11ClN2O/c14-12-11-7-6-10(17)8-16(11)13(15-12)9-4-2-1-3-5-9/h1-5H,6-8H2. The second-order valence-electron chi connectivity index (χ2n) is 4.16. The topological polar surface area (TPSA) is 34.9 Å². The van der Waals surface area contributed by atoms with E-state index in [1.807, 2.05) is 34.9 Å². The highest BCUT2D eigenvalue weighted by Crippen LogP contribution is 2.28. The number of fused-ring (bicyclic) bond motifs is 1. The SMILES string of the molecule is O=C1CCc2c(Cl)nc(-c3ccccc3)n2C1. The molecule has 1 aromatic heterocycles. The first-order valence-electron chi connectivity index (χ1n) is 5.58. The number of halogens is 1. The van der Waals surface area contributed by atoms with Gasteiger partial charge in [0.2, 0.25) is 0 Å². The first-order chi connectivity index (χ1) is 8.25. The molecule has 0 spiro atoms. The molecular weight excluding hydrogens is 236 g/mol. The Bertz CT molecular complexity index is 575. The van der Waals surface area contributed by atoms with Gasteiger partial charge in [-0.2, -0.15) is 0 Å². The molecule has 0 unspecified atom stereocenters. The minimum absolute atomic E-state index is 0.240. The van der Waals surface area contributed by atoms with Crippen LogP contribution >= 0.6 is 11.6 Å². The molecule has 1 aliphatic heterocycles. The van der Waals surface area contributed by atoms with E-state index in [1.165, 1.54) is 0 Å². The number of rotatable bonds is 1. The van der Waals surface area contributed by atoms with Gasteiger partial charge in [-0.25, -0.2) is 4.98 Å². The molecule has 0 N–H and O–H groups in total. The number of hydrogen-bond acceptors (Lipinski definition) is 2. The van der Waals surface area contributed by atoms with Crippen molar-refractivity contribution in [2.45, 2.75) is 19.4 Å². The highest BCUT2D eigenvalue weighted by molar-refractivity contribution is 6.30. The molecule has 0 aliphatic carbocycles. The summed E-state index contributed by atoms with van der Waals surface area (Å²) in [6, 6.07) is 9.82. The van der Waals surface area contributed by atoms with Gasteiger partial charge < -0.3 is 4.57 Å². The molecule has 86 valence electrons. The summed E-state index contributed by atoms with van der Waals surface area (Å²) in [6.07, 6.45) is 1.26. The molecule has 0 amide bonds. The maximum absolute atomic E-state index is 11.5. The maximum atomic E-state index is 11.5. The summed E-state index contributed by atoms with van der Waals surface area (Å²) >= 11 is 6.12. The summed E-state index contributed by atoms with van der Waals surface area (Å²) in [5.41, 5.74) is 1.97. The zero-order valence-corrected chi connectivity index (χ0v) is 9.94. The van der Waals surface area contributed by atoms with Gasteiger partial charge in [-0.05, 0) is 6.42 Å². The molecule has 1 aliphatic rings. The second-order valence-corrected chi connectivity index (χ2v) is 4.52. The maximum Gasteiger partial charge on any atom is 0.152 e. The lowest BCUT2D eigenvalue weighted by Gasteiger charge is -2.15. The van der Waals surface area contributed by atoms with Gasteiger partial charge >= 0.3 is 0 Å². The number of aromatic nitrogens is 2. The Balaban J connectivity index is 2.16. The van der Waals surface area contributed by atoms with Gasteiger partial charge in [0.1, 0.15) is 5.82 Å². The van der Waals surface area contributed by atoms with E-state index < -0.39 is 0 Å². The van der Waals surface area contributed by atoms with Crippen molar-refractivity contribution in [2.24, 2.45) is 0 Å². The average molecular weight is 247 g/mol. The third-order valence-electron chi connectivity index (χ3n) is 3.03. The summed E-state index contributed by atoms with van der Waals surface area (Å²) < 4.78 is 1.93. The number of benzene rings is 1. The molecule has 2 heterocycles. The lowest BCUT2D eigenvalue weighted by Crippen LogP contribution is -2.20. The Morgan fingerprint density at radius 2 is 1.94 bits per heavy atom. The summed E-state index contributed by atoms with van der Waals surface area (Å²) in [4.78, 5) is 15.9. The fraction of sp³-hybridized carbons (Fsp3) is 0.231. The number of nitrogens with zero attached hydrogens (tertiary/aromatic N) is 2. The van der Waals surface area contributed by atoms with Crippen molar-refractivity contribution >= 4 is 17.4 Å². The number of hydrogen-bond donors (Lipinski definition) is 0. The minimum atomic E-state index is 0.240. The molecule has 0 radical (unpaired) electrons.